The van der Waals surface area contributed by atoms with E-state index in [4.69, 9.17) is 44.9 Å². The number of hydrogen-bond donors (Lipinski definition) is 1. The SMILES string of the molecule is CCCc1n[nH]c(=S)n1/N=C\c1ccc(OCc2ccc(Cl)c(Cl)c2)c(OC)c1. The maximum Gasteiger partial charge on any atom is 0.216 e. The highest BCUT2D eigenvalue weighted by Gasteiger charge is 2.08. The van der Waals surface area contributed by atoms with E-state index in [0.717, 1.165) is 29.8 Å². The van der Waals surface area contributed by atoms with Gasteiger partial charge in [-0.05, 0) is 60.1 Å². The Hall–Kier alpha value is -2.35. The third-order valence-corrected chi connectivity index (χ3v) is 5.08. The maximum absolute atomic E-state index is 6.05. The standard InChI is InChI=1S/C20H20Cl2N4O2S/c1-3-4-19-24-25-20(29)26(19)23-11-13-6-8-17(18(10-13)27-2)28-12-14-5-7-15(21)16(22)9-14/h5-11H,3-4,12H2,1-2H3,(H,25,29)/b23-11-. The van der Waals surface area contributed by atoms with Crippen LogP contribution < -0.4 is 9.47 Å². The lowest BCUT2D eigenvalue weighted by Gasteiger charge is -2.12. The second kappa shape index (κ2) is 9.91. The van der Waals surface area contributed by atoms with E-state index in [1.165, 1.54) is 0 Å². The number of aryl methyl sites for hydroxylation is 1. The quantitative estimate of drug-likeness (QED) is 0.354. The molecule has 0 saturated heterocycles. The van der Waals surface area contributed by atoms with Crippen LogP contribution in [0, 0.1) is 4.77 Å². The average Bonchev–Trinajstić information content (AvgIpc) is 3.07. The molecule has 1 N–H and O–H groups in total. The van der Waals surface area contributed by atoms with E-state index in [9.17, 15) is 0 Å². The molecular formula is C20H20Cl2N4O2S. The first-order valence-electron chi connectivity index (χ1n) is 8.97. The summed E-state index contributed by atoms with van der Waals surface area (Å²) in [5.74, 6) is 2.00. The molecule has 0 atom stereocenters. The summed E-state index contributed by atoms with van der Waals surface area (Å²) < 4.78 is 13.4. The minimum atomic E-state index is 0.339. The van der Waals surface area contributed by atoms with E-state index in [2.05, 4.69) is 22.2 Å². The Labute approximate surface area is 184 Å². The van der Waals surface area contributed by atoms with E-state index in [1.54, 1.807) is 30.1 Å². The molecule has 0 radical (unpaired) electrons. The normalized spacial score (nSPS) is 11.2. The van der Waals surface area contributed by atoms with Gasteiger partial charge in [0, 0.05) is 6.42 Å². The summed E-state index contributed by atoms with van der Waals surface area (Å²) >= 11 is 17.2. The number of aromatic amines is 1. The van der Waals surface area contributed by atoms with Gasteiger partial charge >= 0.3 is 0 Å². The molecule has 9 heteroatoms. The number of ether oxygens (including phenoxy) is 2. The molecule has 0 saturated carbocycles. The van der Waals surface area contributed by atoms with Crippen LogP contribution in [0.25, 0.3) is 0 Å². The number of benzene rings is 2. The topological polar surface area (TPSA) is 64.4 Å². The summed E-state index contributed by atoms with van der Waals surface area (Å²) in [6.07, 6.45) is 3.44. The predicted molar refractivity (Wildman–Crippen MR) is 118 cm³/mol. The smallest absolute Gasteiger partial charge is 0.216 e. The van der Waals surface area contributed by atoms with Gasteiger partial charge in [-0.1, -0.05) is 36.2 Å². The Kier molecular flexibility index (Phi) is 7.30. The van der Waals surface area contributed by atoms with Crippen molar-refractivity contribution in [3.63, 3.8) is 0 Å². The van der Waals surface area contributed by atoms with Crippen LogP contribution in [-0.2, 0) is 13.0 Å². The molecule has 0 aliphatic rings. The van der Waals surface area contributed by atoms with Crippen molar-refractivity contribution in [1.82, 2.24) is 14.9 Å². The maximum atomic E-state index is 6.05. The van der Waals surface area contributed by atoms with Crippen molar-refractivity contribution >= 4 is 41.6 Å². The van der Waals surface area contributed by atoms with Crippen molar-refractivity contribution in [3.05, 3.63) is 68.2 Å². The zero-order valence-corrected chi connectivity index (χ0v) is 18.3. The minimum Gasteiger partial charge on any atom is -0.493 e. The molecule has 29 heavy (non-hydrogen) atoms. The lowest BCUT2D eigenvalue weighted by molar-refractivity contribution is 0.284. The van der Waals surface area contributed by atoms with Crippen LogP contribution in [0.4, 0.5) is 0 Å². The number of hydrogen-bond acceptors (Lipinski definition) is 5. The van der Waals surface area contributed by atoms with Gasteiger partial charge in [-0.3, -0.25) is 5.10 Å². The Morgan fingerprint density at radius 2 is 2.00 bits per heavy atom. The molecular weight excluding hydrogens is 431 g/mol. The first-order chi connectivity index (χ1) is 14.0. The third-order valence-electron chi connectivity index (χ3n) is 4.08. The van der Waals surface area contributed by atoms with Crippen molar-refractivity contribution in [1.29, 1.82) is 0 Å². The Morgan fingerprint density at radius 1 is 1.17 bits per heavy atom. The number of aromatic nitrogens is 3. The second-order valence-corrected chi connectivity index (χ2v) is 7.40. The molecule has 1 aromatic heterocycles. The van der Waals surface area contributed by atoms with Gasteiger partial charge in [0.15, 0.2) is 17.3 Å². The van der Waals surface area contributed by atoms with Crippen molar-refractivity contribution < 1.29 is 9.47 Å². The van der Waals surface area contributed by atoms with Crippen molar-refractivity contribution in [2.45, 2.75) is 26.4 Å². The first-order valence-corrected chi connectivity index (χ1v) is 10.1. The molecule has 0 unspecified atom stereocenters. The van der Waals surface area contributed by atoms with Crippen LogP contribution in [0.5, 0.6) is 11.5 Å². The number of methoxy groups -OCH3 is 1. The lowest BCUT2D eigenvalue weighted by Crippen LogP contribution is -2.00. The summed E-state index contributed by atoms with van der Waals surface area (Å²) in [5.41, 5.74) is 1.75. The van der Waals surface area contributed by atoms with Gasteiger partial charge in [-0.25, -0.2) is 0 Å². The molecule has 0 aliphatic carbocycles. The number of rotatable bonds is 8. The number of nitrogens with one attached hydrogen (secondary N) is 1. The number of nitrogens with zero attached hydrogens (tertiary/aromatic N) is 3. The monoisotopic (exact) mass is 450 g/mol. The van der Waals surface area contributed by atoms with Crippen LogP contribution in [0.3, 0.4) is 0 Å². The van der Waals surface area contributed by atoms with E-state index in [0.29, 0.717) is 32.9 Å². The molecule has 0 aliphatic heterocycles. The second-order valence-electron chi connectivity index (χ2n) is 6.20. The largest absolute Gasteiger partial charge is 0.493 e. The predicted octanol–water partition coefficient (Wildman–Crippen LogP) is 5.67. The van der Waals surface area contributed by atoms with Gasteiger partial charge in [0.05, 0.1) is 23.4 Å². The first kappa shape index (κ1) is 21.4. The summed E-state index contributed by atoms with van der Waals surface area (Å²) in [7, 11) is 1.59. The van der Waals surface area contributed by atoms with E-state index in [1.807, 2.05) is 24.3 Å². The highest BCUT2D eigenvalue weighted by molar-refractivity contribution is 7.71. The van der Waals surface area contributed by atoms with Crippen molar-refractivity contribution in [2.75, 3.05) is 7.11 Å². The fourth-order valence-electron chi connectivity index (χ4n) is 2.63. The fourth-order valence-corrected chi connectivity index (χ4v) is 3.15. The van der Waals surface area contributed by atoms with Crippen LogP contribution in [0.15, 0.2) is 41.5 Å². The van der Waals surface area contributed by atoms with Crippen molar-refractivity contribution in [3.8, 4) is 11.5 Å². The summed E-state index contributed by atoms with van der Waals surface area (Å²) in [5, 5.41) is 12.4. The highest BCUT2D eigenvalue weighted by Crippen LogP contribution is 2.29. The van der Waals surface area contributed by atoms with Gasteiger partial charge in [0.1, 0.15) is 6.61 Å². The molecule has 2 aromatic carbocycles. The highest BCUT2D eigenvalue weighted by atomic mass is 35.5. The molecule has 3 rings (SSSR count). The molecule has 0 spiro atoms. The number of halogens is 2. The van der Waals surface area contributed by atoms with E-state index in [-0.39, 0.29) is 0 Å². The van der Waals surface area contributed by atoms with Gasteiger partial charge in [-0.15, -0.1) is 0 Å². The Bertz CT molecular complexity index is 1080. The lowest BCUT2D eigenvalue weighted by atomic mass is 10.2. The molecule has 0 amide bonds. The van der Waals surface area contributed by atoms with Gasteiger partial charge in [0.25, 0.3) is 0 Å². The zero-order chi connectivity index (χ0) is 20.8. The minimum absolute atomic E-state index is 0.339. The number of H-pyrrole nitrogens is 1. The van der Waals surface area contributed by atoms with E-state index >= 15 is 0 Å². The van der Waals surface area contributed by atoms with Crippen LogP contribution in [0.1, 0.15) is 30.3 Å². The Balaban J connectivity index is 1.75. The summed E-state index contributed by atoms with van der Waals surface area (Å²) in [4.78, 5) is 0. The molecule has 152 valence electrons. The van der Waals surface area contributed by atoms with Gasteiger partial charge in [-0.2, -0.15) is 14.9 Å². The molecule has 1 heterocycles. The van der Waals surface area contributed by atoms with Crippen molar-refractivity contribution in [2.24, 2.45) is 5.10 Å². The van der Waals surface area contributed by atoms with Gasteiger partial charge in [0.2, 0.25) is 4.77 Å². The Morgan fingerprint density at radius 3 is 2.72 bits per heavy atom. The third kappa shape index (κ3) is 5.38. The van der Waals surface area contributed by atoms with Crippen LogP contribution in [-0.4, -0.2) is 28.2 Å². The summed E-state index contributed by atoms with van der Waals surface area (Å²) in [6.45, 7) is 2.42. The van der Waals surface area contributed by atoms with Crippen LogP contribution >= 0.6 is 35.4 Å². The van der Waals surface area contributed by atoms with Crippen LogP contribution in [0.2, 0.25) is 10.0 Å². The molecule has 0 bridgehead atoms. The molecule has 6 nitrogen and oxygen atoms in total. The summed E-state index contributed by atoms with van der Waals surface area (Å²) in [6, 6.07) is 11.0. The fraction of sp³-hybridized carbons (Fsp3) is 0.250. The van der Waals surface area contributed by atoms with Gasteiger partial charge < -0.3 is 9.47 Å². The molecule has 0 fully saturated rings. The zero-order valence-electron chi connectivity index (χ0n) is 16.0. The molecule has 3 aromatic rings. The average molecular weight is 451 g/mol. The van der Waals surface area contributed by atoms with E-state index < -0.39 is 0 Å².